The average molecular weight is 234 g/mol. The SMILES string of the molecule is CCN(Cc1ccc(C(C)CN)cc1)C(C)C. The fourth-order valence-electron chi connectivity index (χ4n) is 1.98. The van der Waals surface area contributed by atoms with Crippen LogP contribution in [0, 0.1) is 0 Å². The van der Waals surface area contributed by atoms with Gasteiger partial charge in [-0.1, -0.05) is 38.1 Å². The van der Waals surface area contributed by atoms with Crippen molar-refractivity contribution in [3.8, 4) is 0 Å². The summed E-state index contributed by atoms with van der Waals surface area (Å²) >= 11 is 0. The Hall–Kier alpha value is -0.860. The fourth-order valence-corrected chi connectivity index (χ4v) is 1.98. The number of hydrogen-bond donors (Lipinski definition) is 1. The third-order valence-corrected chi connectivity index (χ3v) is 3.42. The summed E-state index contributed by atoms with van der Waals surface area (Å²) < 4.78 is 0. The first-order valence-corrected chi connectivity index (χ1v) is 6.61. The van der Waals surface area contributed by atoms with Crippen molar-refractivity contribution in [1.82, 2.24) is 4.90 Å². The maximum absolute atomic E-state index is 5.68. The van der Waals surface area contributed by atoms with E-state index in [0.717, 1.165) is 13.1 Å². The molecule has 0 aliphatic carbocycles. The van der Waals surface area contributed by atoms with Crippen LogP contribution in [-0.4, -0.2) is 24.0 Å². The zero-order valence-electron chi connectivity index (χ0n) is 11.6. The molecule has 0 spiro atoms. The van der Waals surface area contributed by atoms with E-state index >= 15 is 0 Å². The molecule has 0 heterocycles. The third kappa shape index (κ3) is 4.14. The molecule has 0 radical (unpaired) electrons. The van der Waals surface area contributed by atoms with Gasteiger partial charge in [0.15, 0.2) is 0 Å². The summed E-state index contributed by atoms with van der Waals surface area (Å²) in [5.41, 5.74) is 8.40. The van der Waals surface area contributed by atoms with E-state index in [1.54, 1.807) is 0 Å². The van der Waals surface area contributed by atoms with E-state index < -0.39 is 0 Å². The lowest BCUT2D eigenvalue weighted by molar-refractivity contribution is 0.225. The van der Waals surface area contributed by atoms with Gasteiger partial charge in [-0.05, 0) is 44.0 Å². The lowest BCUT2D eigenvalue weighted by Gasteiger charge is -2.25. The zero-order valence-corrected chi connectivity index (χ0v) is 11.6. The third-order valence-electron chi connectivity index (χ3n) is 3.42. The summed E-state index contributed by atoms with van der Waals surface area (Å²) in [5, 5.41) is 0. The van der Waals surface area contributed by atoms with Crippen LogP contribution in [0.25, 0.3) is 0 Å². The Bertz CT molecular complexity index is 316. The second kappa shape index (κ2) is 6.77. The minimum Gasteiger partial charge on any atom is -0.330 e. The highest BCUT2D eigenvalue weighted by atomic mass is 15.1. The first kappa shape index (κ1) is 14.2. The van der Waals surface area contributed by atoms with Gasteiger partial charge in [0.05, 0.1) is 0 Å². The van der Waals surface area contributed by atoms with Crippen molar-refractivity contribution in [2.24, 2.45) is 5.73 Å². The molecule has 0 aliphatic rings. The van der Waals surface area contributed by atoms with Crippen molar-refractivity contribution in [3.05, 3.63) is 35.4 Å². The Morgan fingerprint density at radius 1 is 1.12 bits per heavy atom. The van der Waals surface area contributed by atoms with Crippen LogP contribution in [0.2, 0.25) is 0 Å². The van der Waals surface area contributed by atoms with Crippen molar-refractivity contribution in [2.45, 2.75) is 46.2 Å². The van der Waals surface area contributed by atoms with Gasteiger partial charge < -0.3 is 5.73 Å². The maximum atomic E-state index is 5.68. The second-order valence-corrected chi connectivity index (χ2v) is 5.04. The van der Waals surface area contributed by atoms with E-state index in [4.69, 9.17) is 5.73 Å². The molecule has 2 N–H and O–H groups in total. The molecule has 96 valence electrons. The molecule has 2 heteroatoms. The molecule has 1 aromatic carbocycles. The van der Waals surface area contributed by atoms with Gasteiger partial charge in [-0.2, -0.15) is 0 Å². The van der Waals surface area contributed by atoms with E-state index in [2.05, 4.69) is 56.9 Å². The van der Waals surface area contributed by atoms with Crippen molar-refractivity contribution in [1.29, 1.82) is 0 Å². The number of nitrogens with zero attached hydrogens (tertiary/aromatic N) is 1. The van der Waals surface area contributed by atoms with Gasteiger partial charge in [-0.15, -0.1) is 0 Å². The number of rotatable bonds is 6. The Labute approximate surface area is 106 Å². The Kier molecular flexibility index (Phi) is 5.66. The molecule has 0 fully saturated rings. The fraction of sp³-hybridized carbons (Fsp3) is 0.600. The predicted molar refractivity (Wildman–Crippen MR) is 75.1 cm³/mol. The molecule has 2 nitrogen and oxygen atoms in total. The summed E-state index contributed by atoms with van der Waals surface area (Å²) in [6, 6.07) is 9.48. The van der Waals surface area contributed by atoms with Crippen LogP contribution < -0.4 is 5.73 Å². The lowest BCUT2D eigenvalue weighted by Crippen LogP contribution is -2.29. The molecule has 0 amide bonds. The summed E-state index contributed by atoms with van der Waals surface area (Å²) in [6.07, 6.45) is 0. The van der Waals surface area contributed by atoms with E-state index in [1.165, 1.54) is 11.1 Å². The number of benzene rings is 1. The molecule has 0 aliphatic heterocycles. The minimum absolute atomic E-state index is 0.455. The summed E-state index contributed by atoms with van der Waals surface area (Å²) in [7, 11) is 0. The Morgan fingerprint density at radius 3 is 2.12 bits per heavy atom. The zero-order chi connectivity index (χ0) is 12.8. The quantitative estimate of drug-likeness (QED) is 0.820. The van der Waals surface area contributed by atoms with Gasteiger partial charge in [0, 0.05) is 12.6 Å². The molecule has 1 atom stereocenters. The van der Waals surface area contributed by atoms with Crippen LogP contribution >= 0.6 is 0 Å². The molecule has 1 aromatic rings. The molecule has 1 unspecified atom stereocenters. The molecular weight excluding hydrogens is 208 g/mol. The van der Waals surface area contributed by atoms with Gasteiger partial charge in [0.2, 0.25) is 0 Å². The molecule has 0 saturated heterocycles. The van der Waals surface area contributed by atoms with Gasteiger partial charge in [0.25, 0.3) is 0 Å². The largest absolute Gasteiger partial charge is 0.330 e. The van der Waals surface area contributed by atoms with E-state index in [0.29, 0.717) is 18.5 Å². The van der Waals surface area contributed by atoms with Crippen LogP contribution in [-0.2, 0) is 6.54 Å². The summed E-state index contributed by atoms with van der Waals surface area (Å²) in [5.74, 6) is 0.455. The normalized spacial score (nSPS) is 13.4. The van der Waals surface area contributed by atoms with Crippen molar-refractivity contribution in [3.63, 3.8) is 0 Å². The highest BCUT2D eigenvalue weighted by molar-refractivity contribution is 5.25. The van der Waals surface area contributed by atoms with Crippen molar-refractivity contribution < 1.29 is 0 Å². The highest BCUT2D eigenvalue weighted by Gasteiger charge is 2.08. The molecule has 0 bridgehead atoms. The van der Waals surface area contributed by atoms with Crippen molar-refractivity contribution in [2.75, 3.05) is 13.1 Å². The first-order chi connectivity index (χ1) is 8.08. The van der Waals surface area contributed by atoms with Crippen LogP contribution in [0.5, 0.6) is 0 Å². The summed E-state index contributed by atoms with van der Waals surface area (Å²) in [4.78, 5) is 2.46. The van der Waals surface area contributed by atoms with Gasteiger partial charge in [0.1, 0.15) is 0 Å². The molecular formula is C15H26N2. The number of hydrogen-bond acceptors (Lipinski definition) is 2. The highest BCUT2D eigenvalue weighted by Crippen LogP contribution is 2.16. The second-order valence-electron chi connectivity index (χ2n) is 5.04. The maximum Gasteiger partial charge on any atom is 0.0236 e. The van der Waals surface area contributed by atoms with E-state index in [9.17, 15) is 0 Å². The lowest BCUT2D eigenvalue weighted by atomic mass is 10.00. The van der Waals surface area contributed by atoms with E-state index in [-0.39, 0.29) is 0 Å². The smallest absolute Gasteiger partial charge is 0.0236 e. The minimum atomic E-state index is 0.455. The van der Waals surface area contributed by atoms with Crippen LogP contribution in [0.3, 0.4) is 0 Å². The van der Waals surface area contributed by atoms with Gasteiger partial charge in [-0.25, -0.2) is 0 Å². The van der Waals surface area contributed by atoms with Crippen LogP contribution in [0.15, 0.2) is 24.3 Å². The Morgan fingerprint density at radius 2 is 1.71 bits per heavy atom. The molecule has 1 rings (SSSR count). The number of nitrogens with two attached hydrogens (primary N) is 1. The van der Waals surface area contributed by atoms with Crippen LogP contribution in [0.1, 0.15) is 44.7 Å². The van der Waals surface area contributed by atoms with Gasteiger partial charge in [-0.3, -0.25) is 4.90 Å². The van der Waals surface area contributed by atoms with Crippen molar-refractivity contribution >= 4 is 0 Å². The first-order valence-electron chi connectivity index (χ1n) is 6.61. The monoisotopic (exact) mass is 234 g/mol. The topological polar surface area (TPSA) is 29.3 Å². The van der Waals surface area contributed by atoms with E-state index in [1.807, 2.05) is 0 Å². The summed E-state index contributed by atoms with van der Waals surface area (Å²) in [6.45, 7) is 11.7. The molecule has 0 saturated carbocycles. The standard InChI is InChI=1S/C15H26N2/c1-5-17(12(2)3)11-14-6-8-15(9-7-14)13(4)10-16/h6-9,12-13H,5,10-11,16H2,1-4H3. The predicted octanol–water partition coefficient (Wildman–Crippen LogP) is 2.98. The Balaban J connectivity index is 2.67. The van der Waals surface area contributed by atoms with Crippen LogP contribution in [0.4, 0.5) is 0 Å². The molecule has 17 heavy (non-hydrogen) atoms. The van der Waals surface area contributed by atoms with Gasteiger partial charge >= 0.3 is 0 Å². The molecule has 0 aromatic heterocycles. The average Bonchev–Trinajstić information content (AvgIpc) is 2.35.